The molecule has 0 heterocycles. The van der Waals surface area contributed by atoms with Crippen LogP contribution in [0.5, 0.6) is 0 Å². The molecule has 5 nitrogen and oxygen atoms in total. The Morgan fingerprint density at radius 3 is 2.06 bits per heavy atom. The van der Waals surface area contributed by atoms with Gasteiger partial charge in [0.05, 0.1) is 13.2 Å². The molecule has 0 aromatic heterocycles. The van der Waals surface area contributed by atoms with Crippen LogP contribution in [-0.4, -0.2) is 41.7 Å². The van der Waals surface area contributed by atoms with Crippen molar-refractivity contribution in [1.82, 2.24) is 5.32 Å². The highest BCUT2D eigenvalue weighted by atomic mass is 16.6. The number of alkyl carbamates (subject to hydrolysis) is 1. The molecule has 0 saturated carbocycles. The summed E-state index contributed by atoms with van der Waals surface area (Å²) in [4.78, 5) is 11.5. The van der Waals surface area contributed by atoms with Crippen LogP contribution in [0.1, 0.15) is 34.1 Å². The van der Waals surface area contributed by atoms with Crippen molar-refractivity contribution in [3.63, 3.8) is 0 Å². The summed E-state index contributed by atoms with van der Waals surface area (Å²) in [5.74, 6) is 0.792. The van der Waals surface area contributed by atoms with E-state index in [1.54, 1.807) is 0 Å². The maximum Gasteiger partial charge on any atom is 0.407 e. The van der Waals surface area contributed by atoms with E-state index < -0.39 is 12.2 Å². The molecule has 0 radical (unpaired) electrons. The van der Waals surface area contributed by atoms with Crippen molar-refractivity contribution in [3.05, 3.63) is 0 Å². The lowest BCUT2D eigenvalue weighted by atomic mass is 9.95. The summed E-state index contributed by atoms with van der Waals surface area (Å²) in [7, 11) is 0. The number of nitrogens with one attached hydrogen (secondary N) is 1. The molecule has 0 bridgehead atoms. The minimum absolute atomic E-state index is 0.0422. The summed E-state index contributed by atoms with van der Waals surface area (Å²) in [5, 5.41) is 20.4. The van der Waals surface area contributed by atoms with Gasteiger partial charge in [0.1, 0.15) is 6.10 Å². The van der Waals surface area contributed by atoms with Gasteiger partial charge in [-0.05, 0) is 18.3 Å². The Morgan fingerprint density at radius 2 is 1.71 bits per heavy atom. The average Bonchev–Trinajstić information content (AvgIpc) is 2.24. The molecular formula is C12H25NO4. The molecule has 102 valence electrons. The SMILES string of the molecule is CC(C)CC(NC(=O)OC(CO)CO)C(C)C. The highest BCUT2D eigenvalue weighted by Crippen LogP contribution is 2.12. The van der Waals surface area contributed by atoms with Crippen molar-refractivity contribution < 1.29 is 19.7 Å². The number of aliphatic hydroxyl groups excluding tert-OH is 2. The highest BCUT2D eigenvalue weighted by Gasteiger charge is 2.20. The second-order valence-electron chi connectivity index (χ2n) is 5.02. The molecule has 3 N–H and O–H groups in total. The summed E-state index contributed by atoms with van der Waals surface area (Å²) < 4.78 is 4.86. The third kappa shape index (κ3) is 7.18. The highest BCUT2D eigenvalue weighted by molar-refractivity contribution is 5.67. The Labute approximate surface area is 103 Å². The number of amides is 1. The lowest BCUT2D eigenvalue weighted by molar-refractivity contribution is 0.0198. The Bertz CT molecular complexity index is 215. The van der Waals surface area contributed by atoms with Crippen molar-refractivity contribution in [2.75, 3.05) is 13.2 Å². The van der Waals surface area contributed by atoms with E-state index in [2.05, 4.69) is 19.2 Å². The first-order valence-corrected chi connectivity index (χ1v) is 6.09. The predicted octanol–water partition coefficient (Wildman–Crippen LogP) is 1.14. The Hall–Kier alpha value is -0.810. The quantitative estimate of drug-likeness (QED) is 0.630. The molecule has 1 atom stereocenters. The summed E-state index contributed by atoms with van der Waals surface area (Å²) in [5.41, 5.74) is 0. The van der Waals surface area contributed by atoms with Crippen LogP contribution in [0.4, 0.5) is 4.79 Å². The van der Waals surface area contributed by atoms with E-state index in [0.717, 1.165) is 6.42 Å². The number of carbonyl (C=O) groups excluding carboxylic acids is 1. The minimum Gasteiger partial charge on any atom is -0.441 e. The van der Waals surface area contributed by atoms with Gasteiger partial charge in [0, 0.05) is 6.04 Å². The second-order valence-corrected chi connectivity index (χ2v) is 5.02. The predicted molar refractivity (Wildman–Crippen MR) is 65.7 cm³/mol. The van der Waals surface area contributed by atoms with Gasteiger partial charge in [-0.1, -0.05) is 27.7 Å². The molecule has 0 rings (SSSR count). The second kappa shape index (κ2) is 8.31. The molecule has 0 fully saturated rings. The van der Waals surface area contributed by atoms with Crippen LogP contribution in [0.3, 0.4) is 0 Å². The van der Waals surface area contributed by atoms with Crippen LogP contribution in [0.15, 0.2) is 0 Å². The zero-order valence-electron chi connectivity index (χ0n) is 11.1. The number of aliphatic hydroxyl groups is 2. The summed E-state index contributed by atoms with van der Waals surface area (Å²) in [6.45, 7) is 7.49. The normalized spacial score (nSPS) is 13.2. The third-order valence-electron chi connectivity index (χ3n) is 2.51. The zero-order valence-corrected chi connectivity index (χ0v) is 11.1. The van der Waals surface area contributed by atoms with Gasteiger partial charge in [0.2, 0.25) is 0 Å². The number of rotatable bonds is 7. The van der Waals surface area contributed by atoms with E-state index >= 15 is 0 Å². The molecule has 0 aliphatic heterocycles. The zero-order chi connectivity index (χ0) is 13.4. The number of carbonyl (C=O) groups is 1. The van der Waals surface area contributed by atoms with Gasteiger partial charge in [-0.3, -0.25) is 0 Å². The van der Waals surface area contributed by atoms with Gasteiger partial charge in [0.25, 0.3) is 0 Å². The van der Waals surface area contributed by atoms with Crippen molar-refractivity contribution in [2.24, 2.45) is 11.8 Å². The first-order valence-electron chi connectivity index (χ1n) is 6.09. The van der Waals surface area contributed by atoms with Crippen LogP contribution in [0, 0.1) is 11.8 Å². The van der Waals surface area contributed by atoms with E-state index in [-0.39, 0.29) is 19.3 Å². The molecule has 0 aromatic rings. The van der Waals surface area contributed by atoms with Crippen molar-refractivity contribution in [3.8, 4) is 0 Å². The van der Waals surface area contributed by atoms with Crippen molar-refractivity contribution in [1.29, 1.82) is 0 Å². The Morgan fingerprint density at radius 1 is 1.18 bits per heavy atom. The maximum atomic E-state index is 11.5. The monoisotopic (exact) mass is 247 g/mol. The fraction of sp³-hybridized carbons (Fsp3) is 0.917. The average molecular weight is 247 g/mol. The lowest BCUT2D eigenvalue weighted by Gasteiger charge is -2.24. The van der Waals surface area contributed by atoms with E-state index in [0.29, 0.717) is 11.8 Å². The molecule has 0 aliphatic carbocycles. The molecule has 0 spiro atoms. The van der Waals surface area contributed by atoms with E-state index in [1.165, 1.54) is 0 Å². The lowest BCUT2D eigenvalue weighted by Crippen LogP contribution is -2.42. The van der Waals surface area contributed by atoms with Gasteiger partial charge < -0.3 is 20.3 Å². The maximum absolute atomic E-state index is 11.5. The molecule has 5 heteroatoms. The fourth-order valence-electron chi connectivity index (χ4n) is 1.47. The molecular weight excluding hydrogens is 222 g/mol. The van der Waals surface area contributed by atoms with Gasteiger partial charge in [0.15, 0.2) is 0 Å². The van der Waals surface area contributed by atoms with Crippen molar-refractivity contribution in [2.45, 2.75) is 46.3 Å². The summed E-state index contributed by atoms with van der Waals surface area (Å²) in [6, 6.07) is 0.0422. The first kappa shape index (κ1) is 16.2. The summed E-state index contributed by atoms with van der Waals surface area (Å²) in [6.07, 6.45) is -0.560. The van der Waals surface area contributed by atoms with Crippen LogP contribution in [-0.2, 0) is 4.74 Å². The van der Waals surface area contributed by atoms with E-state index in [4.69, 9.17) is 14.9 Å². The van der Waals surface area contributed by atoms with Crippen LogP contribution in [0.2, 0.25) is 0 Å². The van der Waals surface area contributed by atoms with Crippen molar-refractivity contribution >= 4 is 6.09 Å². The first-order chi connectivity index (χ1) is 7.90. The molecule has 1 unspecified atom stereocenters. The van der Waals surface area contributed by atoms with E-state index in [1.807, 2.05) is 13.8 Å². The van der Waals surface area contributed by atoms with Gasteiger partial charge in [-0.25, -0.2) is 4.79 Å². The third-order valence-corrected chi connectivity index (χ3v) is 2.51. The molecule has 1 amide bonds. The number of hydrogen-bond acceptors (Lipinski definition) is 4. The number of ether oxygens (including phenoxy) is 1. The molecule has 0 saturated heterocycles. The standard InChI is InChI=1S/C12H25NO4/c1-8(2)5-11(9(3)4)13-12(16)17-10(6-14)7-15/h8-11,14-15H,5-7H2,1-4H3,(H,13,16). The smallest absolute Gasteiger partial charge is 0.407 e. The van der Waals surface area contributed by atoms with Gasteiger partial charge >= 0.3 is 6.09 Å². The minimum atomic E-state index is -0.845. The van der Waals surface area contributed by atoms with Crippen LogP contribution < -0.4 is 5.32 Å². The number of hydrogen-bond donors (Lipinski definition) is 3. The van der Waals surface area contributed by atoms with Crippen LogP contribution >= 0.6 is 0 Å². The molecule has 0 aromatic carbocycles. The van der Waals surface area contributed by atoms with E-state index in [9.17, 15) is 4.79 Å². The summed E-state index contributed by atoms with van der Waals surface area (Å²) >= 11 is 0. The fourth-order valence-corrected chi connectivity index (χ4v) is 1.47. The Kier molecular flexibility index (Phi) is 7.91. The van der Waals surface area contributed by atoms with Gasteiger partial charge in [-0.2, -0.15) is 0 Å². The largest absolute Gasteiger partial charge is 0.441 e. The molecule has 17 heavy (non-hydrogen) atoms. The Balaban J connectivity index is 4.21. The van der Waals surface area contributed by atoms with Gasteiger partial charge in [-0.15, -0.1) is 0 Å². The van der Waals surface area contributed by atoms with Crippen LogP contribution in [0.25, 0.3) is 0 Å². The topological polar surface area (TPSA) is 78.8 Å². The molecule has 0 aliphatic rings.